The summed E-state index contributed by atoms with van der Waals surface area (Å²) in [7, 11) is 0. The highest BCUT2D eigenvalue weighted by atomic mass is 35.5. The summed E-state index contributed by atoms with van der Waals surface area (Å²) in [5, 5.41) is 4.39. The first kappa shape index (κ1) is 15.1. The molecule has 0 saturated heterocycles. The number of halogens is 1. The number of hydrogen-bond acceptors (Lipinski definition) is 1. The quantitative estimate of drug-likeness (QED) is 0.829. The third-order valence-electron chi connectivity index (χ3n) is 3.74. The fourth-order valence-corrected chi connectivity index (χ4v) is 2.85. The van der Waals surface area contributed by atoms with Gasteiger partial charge in [0.25, 0.3) is 0 Å². The highest BCUT2D eigenvalue weighted by Crippen LogP contribution is 2.25. The molecule has 0 aliphatic carbocycles. The maximum absolute atomic E-state index is 6.06. The molecule has 2 rings (SSSR count). The highest BCUT2D eigenvalue weighted by Gasteiger charge is 2.14. The molecule has 0 saturated carbocycles. The Labute approximate surface area is 127 Å². The van der Waals surface area contributed by atoms with Crippen molar-refractivity contribution in [3.63, 3.8) is 0 Å². The molecule has 0 aromatic heterocycles. The lowest BCUT2D eigenvalue weighted by Crippen LogP contribution is -2.24. The Morgan fingerprint density at radius 1 is 1.05 bits per heavy atom. The molecule has 2 aromatic rings. The average molecular weight is 288 g/mol. The van der Waals surface area contributed by atoms with Gasteiger partial charge in [-0.3, -0.25) is 0 Å². The minimum absolute atomic E-state index is 0.332. The molecule has 2 aromatic carbocycles. The van der Waals surface area contributed by atoms with Gasteiger partial charge in [0.1, 0.15) is 0 Å². The van der Waals surface area contributed by atoms with Crippen molar-refractivity contribution in [2.75, 3.05) is 6.54 Å². The second kappa shape index (κ2) is 6.92. The van der Waals surface area contributed by atoms with Crippen molar-refractivity contribution in [1.29, 1.82) is 0 Å². The Morgan fingerprint density at radius 2 is 1.80 bits per heavy atom. The standard InChI is InChI=1S/C18H22ClN/c1-4-20-18(12-15-8-6-5-7-13(15)2)17-10-9-16(19)11-14(17)3/h5-11,18,20H,4,12H2,1-3H3. The van der Waals surface area contributed by atoms with E-state index in [4.69, 9.17) is 11.6 Å². The van der Waals surface area contributed by atoms with Gasteiger partial charge in [0.05, 0.1) is 0 Å². The van der Waals surface area contributed by atoms with E-state index in [9.17, 15) is 0 Å². The summed E-state index contributed by atoms with van der Waals surface area (Å²) in [5.74, 6) is 0. The molecule has 0 bridgehead atoms. The lowest BCUT2D eigenvalue weighted by atomic mass is 9.93. The van der Waals surface area contributed by atoms with Gasteiger partial charge in [0, 0.05) is 11.1 Å². The molecule has 1 atom stereocenters. The summed E-state index contributed by atoms with van der Waals surface area (Å²) < 4.78 is 0. The predicted octanol–water partition coefficient (Wildman–Crippen LogP) is 4.85. The summed E-state index contributed by atoms with van der Waals surface area (Å²) in [6.45, 7) is 7.41. The predicted molar refractivity (Wildman–Crippen MR) is 87.5 cm³/mol. The summed E-state index contributed by atoms with van der Waals surface area (Å²) in [6.07, 6.45) is 1.00. The fraction of sp³-hybridized carbons (Fsp3) is 0.333. The van der Waals surface area contributed by atoms with E-state index in [1.165, 1.54) is 22.3 Å². The Kier molecular flexibility index (Phi) is 5.22. The van der Waals surface area contributed by atoms with E-state index in [2.05, 4.69) is 56.4 Å². The molecule has 0 heterocycles. The van der Waals surface area contributed by atoms with Gasteiger partial charge in [-0.1, -0.05) is 48.9 Å². The molecule has 1 nitrogen and oxygen atoms in total. The van der Waals surface area contributed by atoms with Gasteiger partial charge in [-0.2, -0.15) is 0 Å². The third-order valence-corrected chi connectivity index (χ3v) is 3.98. The van der Waals surface area contributed by atoms with Crippen LogP contribution in [-0.2, 0) is 6.42 Å². The minimum Gasteiger partial charge on any atom is -0.310 e. The van der Waals surface area contributed by atoms with Crippen LogP contribution in [0.2, 0.25) is 5.02 Å². The van der Waals surface area contributed by atoms with Crippen molar-refractivity contribution in [2.45, 2.75) is 33.2 Å². The van der Waals surface area contributed by atoms with Crippen LogP contribution >= 0.6 is 11.6 Å². The Bertz CT molecular complexity index is 577. The Balaban J connectivity index is 2.29. The normalized spacial score (nSPS) is 12.4. The van der Waals surface area contributed by atoms with E-state index in [0.29, 0.717) is 6.04 Å². The maximum Gasteiger partial charge on any atom is 0.0408 e. The van der Waals surface area contributed by atoms with E-state index in [-0.39, 0.29) is 0 Å². The second-order valence-electron chi connectivity index (χ2n) is 5.24. The van der Waals surface area contributed by atoms with Crippen LogP contribution in [0.5, 0.6) is 0 Å². The van der Waals surface area contributed by atoms with Crippen LogP contribution in [0.25, 0.3) is 0 Å². The number of likely N-dealkylation sites (N-methyl/N-ethyl adjacent to an activating group) is 1. The van der Waals surface area contributed by atoms with E-state index in [1.54, 1.807) is 0 Å². The molecule has 0 spiro atoms. The molecular weight excluding hydrogens is 266 g/mol. The molecular formula is C18H22ClN. The van der Waals surface area contributed by atoms with Gasteiger partial charge in [-0.05, 0) is 61.2 Å². The zero-order valence-electron chi connectivity index (χ0n) is 12.4. The topological polar surface area (TPSA) is 12.0 Å². The summed E-state index contributed by atoms with van der Waals surface area (Å²) in [4.78, 5) is 0. The van der Waals surface area contributed by atoms with Crippen LogP contribution in [0.15, 0.2) is 42.5 Å². The fourth-order valence-electron chi connectivity index (χ4n) is 2.63. The average Bonchev–Trinajstić information content (AvgIpc) is 2.41. The Morgan fingerprint density at radius 3 is 2.45 bits per heavy atom. The van der Waals surface area contributed by atoms with Crippen LogP contribution in [0.3, 0.4) is 0 Å². The Hall–Kier alpha value is -1.31. The van der Waals surface area contributed by atoms with Gasteiger partial charge >= 0.3 is 0 Å². The number of aryl methyl sites for hydroxylation is 2. The van der Waals surface area contributed by atoms with E-state index in [0.717, 1.165) is 18.0 Å². The summed E-state index contributed by atoms with van der Waals surface area (Å²) in [5.41, 5.74) is 5.33. The van der Waals surface area contributed by atoms with Crippen molar-refractivity contribution >= 4 is 11.6 Å². The first-order valence-electron chi connectivity index (χ1n) is 7.15. The molecule has 0 fully saturated rings. The molecule has 0 amide bonds. The lowest BCUT2D eigenvalue weighted by molar-refractivity contribution is 0.546. The van der Waals surface area contributed by atoms with Crippen LogP contribution < -0.4 is 5.32 Å². The van der Waals surface area contributed by atoms with E-state index < -0.39 is 0 Å². The molecule has 2 heteroatoms. The van der Waals surface area contributed by atoms with Gasteiger partial charge < -0.3 is 5.32 Å². The van der Waals surface area contributed by atoms with Crippen LogP contribution in [0.1, 0.15) is 35.2 Å². The minimum atomic E-state index is 0.332. The monoisotopic (exact) mass is 287 g/mol. The zero-order valence-corrected chi connectivity index (χ0v) is 13.2. The smallest absolute Gasteiger partial charge is 0.0408 e. The molecule has 1 N–H and O–H groups in total. The van der Waals surface area contributed by atoms with Gasteiger partial charge in [0.15, 0.2) is 0 Å². The number of rotatable bonds is 5. The van der Waals surface area contributed by atoms with Crippen LogP contribution in [0, 0.1) is 13.8 Å². The maximum atomic E-state index is 6.06. The van der Waals surface area contributed by atoms with Gasteiger partial charge in [0.2, 0.25) is 0 Å². The molecule has 106 valence electrons. The lowest BCUT2D eigenvalue weighted by Gasteiger charge is -2.21. The zero-order chi connectivity index (χ0) is 14.5. The number of benzene rings is 2. The SMILES string of the molecule is CCNC(Cc1ccccc1C)c1ccc(Cl)cc1C. The number of hydrogen-bond donors (Lipinski definition) is 1. The first-order valence-corrected chi connectivity index (χ1v) is 7.53. The molecule has 0 aliphatic heterocycles. The summed E-state index contributed by atoms with van der Waals surface area (Å²) >= 11 is 6.06. The molecule has 0 aliphatic rings. The molecule has 20 heavy (non-hydrogen) atoms. The van der Waals surface area contributed by atoms with Crippen molar-refractivity contribution in [2.24, 2.45) is 0 Å². The van der Waals surface area contributed by atoms with Gasteiger partial charge in [-0.15, -0.1) is 0 Å². The van der Waals surface area contributed by atoms with Gasteiger partial charge in [-0.25, -0.2) is 0 Å². The van der Waals surface area contributed by atoms with E-state index >= 15 is 0 Å². The van der Waals surface area contributed by atoms with Crippen molar-refractivity contribution in [3.05, 3.63) is 69.7 Å². The summed E-state index contributed by atoms with van der Waals surface area (Å²) in [6, 6.07) is 15.1. The van der Waals surface area contributed by atoms with Crippen LogP contribution in [0.4, 0.5) is 0 Å². The van der Waals surface area contributed by atoms with Crippen molar-refractivity contribution < 1.29 is 0 Å². The molecule has 1 unspecified atom stereocenters. The van der Waals surface area contributed by atoms with Crippen LogP contribution in [-0.4, -0.2) is 6.54 Å². The van der Waals surface area contributed by atoms with E-state index in [1.807, 2.05) is 12.1 Å². The third kappa shape index (κ3) is 3.62. The van der Waals surface area contributed by atoms with Crippen molar-refractivity contribution in [1.82, 2.24) is 5.32 Å². The van der Waals surface area contributed by atoms with Crippen molar-refractivity contribution in [3.8, 4) is 0 Å². The highest BCUT2D eigenvalue weighted by molar-refractivity contribution is 6.30. The molecule has 0 radical (unpaired) electrons. The largest absolute Gasteiger partial charge is 0.310 e. The first-order chi connectivity index (χ1) is 9.61. The second-order valence-corrected chi connectivity index (χ2v) is 5.68. The number of nitrogens with one attached hydrogen (secondary N) is 1.